The molecule has 0 fully saturated rings. The summed E-state index contributed by atoms with van der Waals surface area (Å²) in [7, 11) is 0. The molecular formula is C8H11NO. The number of aliphatic imine (C=N–C) groups is 1. The summed E-state index contributed by atoms with van der Waals surface area (Å²) in [4.78, 5) is 13.4. The average molecular weight is 137 g/mol. The summed E-state index contributed by atoms with van der Waals surface area (Å²) >= 11 is 0. The van der Waals surface area contributed by atoms with Crippen molar-refractivity contribution in [2.45, 2.75) is 20.8 Å². The molecule has 0 spiro atoms. The first-order valence-corrected chi connectivity index (χ1v) is 3.10. The van der Waals surface area contributed by atoms with Crippen LogP contribution in [0.4, 0.5) is 0 Å². The third-order valence-electron chi connectivity index (χ3n) is 0.739. The van der Waals surface area contributed by atoms with Crippen molar-refractivity contribution in [2.75, 3.05) is 6.54 Å². The van der Waals surface area contributed by atoms with Crippen LogP contribution in [-0.4, -0.2) is 18.4 Å². The Morgan fingerprint density at radius 3 is 2.40 bits per heavy atom. The van der Waals surface area contributed by atoms with Gasteiger partial charge in [-0.15, -0.1) is 0 Å². The zero-order valence-electron chi connectivity index (χ0n) is 6.56. The predicted molar refractivity (Wildman–Crippen MR) is 41.0 cm³/mol. The van der Waals surface area contributed by atoms with Gasteiger partial charge in [-0.25, -0.2) is 9.79 Å². The maximum absolute atomic E-state index is 9.57. The minimum Gasteiger partial charge on any atom is -0.234 e. The molecule has 0 saturated carbocycles. The van der Waals surface area contributed by atoms with E-state index in [0.717, 1.165) is 0 Å². The Labute approximate surface area is 61.0 Å². The largest absolute Gasteiger partial charge is 0.234 e. The highest BCUT2D eigenvalue weighted by Gasteiger charge is 2.06. The normalized spacial score (nSPS) is 9.10. The molecule has 0 saturated heterocycles. The lowest BCUT2D eigenvalue weighted by Gasteiger charge is -2.12. The minimum atomic E-state index is 0.150. The van der Waals surface area contributed by atoms with Gasteiger partial charge in [0, 0.05) is 11.6 Å². The highest BCUT2D eigenvalue weighted by Crippen LogP contribution is 2.11. The predicted octanol–water partition coefficient (Wildman–Crippen LogP) is 1.25. The van der Waals surface area contributed by atoms with E-state index in [0.29, 0.717) is 6.54 Å². The van der Waals surface area contributed by atoms with Crippen molar-refractivity contribution in [3.05, 3.63) is 5.73 Å². The summed E-state index contributed by atoms with van der Waals surface area (Å²) in [5, 5.41) is 0. The third kappa shape index (κ3) is 6.94. The molecule has 0 aromatic heterocycles. The Bertz CT molecular complexity index is 206. The second-order valence-electron chi connectivity index (χ2n) is 3.22. The Hall–Kier alpha value is -1.06. The lowest BCUT2D eigenvalue weighted by atomic mass is 9.98. The molecule has 2 nitrogen and oxygen atoms in total. The average Bonchev–Trinajstić information content (AvgIpc) is 1.78. The van der Waals surface area contributed by atoms with E-state index in [4.69, 9.17) is 0 Å². The molecule has 2 heteroatoms. The van der Waals surface area contributed by atoms with E-state index in [1.165, 1.54) is 5.94 Å². The van der Waals surface area contributed by atoms with Crippen LogP contribution in [0.15, 0.2) is 10.7 Å². The first-order chi connectivity index (χ1) is 4.56. The molecule has 0 atom stereocenters. The van der Waals surface area contributed by atoms with E-state index in [1.54, 1.807) is 0 Å². The molecule has 0 rings (SSSR count). The van der Waals surface area contributed by atoms with E-state index in [9.17, 15) is 4.79 Å². The van der Waals surface area contributed by atoms with Crippen LogP contribution in [0, 0.1) is 5.41 Å². The summed E-state index contributed by atoms with van der Waals surface area (Å²) in [6.45, 7) is 6.83. The lowest BCUT2D eigenvalue weighted by Crippen LogP contribution is -2.08. The molecule has 54 valence electrons. The number of hydrogen-bond acceptors (Lipinski definition) is 2. The fourth-order valence-electron chi connectivity index (χ4n) is 0.339. The number of rotatable bonds is 1. The summed E-state index contributed by atoms with van der Waals surface area (Å²) < 4.78 is 0. The van der Waals surface area contributed by atoms with Gasteiger partial charge in [0.05, 0.1) is 6.54 Å². The van der Waals surface area contributed by atoms with Crippen molar-refractivity contribution in [1.82, 2.24) is 0 Å². The van der Waals surface area contributed by atoms with Crippen LogP contribution in [0.1, 0.15) is 20.8 Å². The van der Waals surface area contributed by atoms with Crippen molar-refractivity contribution in [3.8, 4) is 0 Å². The van der Waals surface area contributed by atoms with Crippen molar-refractivity contribution in [1.29, 1.82) is 0 Å². The number of nitrogens with zero attached hydrogens (tertiary/aromatic N) is 1. The SMILES string of the molecule is CC(C)(C)CN=C=C=C=O. The van der Waals surface area contributed by atoms with Crippen molar-refractivity contribution in [2.24, 2.45) is 10.4 Å². The second-order valence-corrected chi connectivity index (χ2v) is 3.22. The summed E-state index contributed by atoms with van der Waals surface area (Å²) in [5.74, 6) is 3.79. The zero-order chi connectivity index (χ0) is 8.04. The van der Waals surface area contributed by atoms with E-state index < -0.39 is 0 Å². The second kappa shape index (κ2) is 3.87. The third-order valence-corrected chi connectivity index (χ3v) is 0.739. The van der Waals surface area contributed by atoms with Crippen LogP contribution < -0.4 is 0 Å². The standard InChI is InChI=1S/C8H11NO/c1-8(2,3)7-9-5-4-6-10/h7H2,1-3H3. The molecule has 0 bridgehead atoms. The first kappa shape index (κ1) is 8.94. The Morgan fingerprint density at radius 2 is 2.00 bits per heavy atom. The highest BCUT2D eigenvalue weighted by molar-refractivity contribution is 5.63. The molecule has 0 aliphatic rings. The quantitative estimate of drug-likeness (QED) is 0.304. The van der Waals surface area contributed by atoms with Crippen LogP contribution in [0.2, 0.25) is 0 Å². The van der Waals surface area contributed by atoms with Gasteiger partial charge >= 0.3 is 0 Å². The fraction of sp³-hybridized carbons (Fsp3) is 0.625. The van der Waals surface area contributed by atoms with Crippen LogP contribution >= 0.6 is 0 Å². The topological polar surface area (TPSA) is 29.4 Å². The van der Waals surface area contributed by atoms with Gasteiger partial charge < -0.3 is 0 Å². The number of hydrogen-bond donors (Lipinski definition) is 0. The van der Waals surface area contributed by atoms with Gasteiger partial charge in [-0.3, -0.25) is 0 Å². The number of carbonyl (C=O) groups excluding carboxylic acids is 1. The minimum absolute atomic E-state index is 0.150. The van der Waals surface area contributed by atoms with Gasteiger partial charge in [0.2, 0.25) is 0 Å². The molecule has 0 heterocycles. The molecule has 0 aliphatic carbocycles. The van der Waals surface area contributed by atoms with Crippen LogP contribution in [-0.2, 0) is 4.79 Å². The fourth-order valence-corrected chi connectivity index (χ4v) is 0.339. The van der Waals surface area contributed by atoms with Gasteiger partial charge in [0.15, 0.2) is 5.94 Å². The molecule has 0 unspecified atom stereocenters. The van der Waals surface area contributed by atoms with E-state index in [2.05, 4.69) is 37.4 Å². The van der Waals surface area contributed by atoms with Crippen molar-refractivity contribution in [3.63, 3.8) is 0 Å². The Balaban J connectivity index is 3.99. The summed E-state index contributed by atoms with van der Waals surface area (Å²) in [6, 6.07) is 0. The Morgan fingerprint density at radius 1 is 1.40 bits per heavy atom. The summed E-state index contributed by atoms with van der Waals surface area (Å²) in [6.07, 6.45) is 0. The summed E-state index contributed by atoms with van der Waals surface area (Å²) in [5.41, 5.74) is 2.25. The lowest BCUT2D eigenvalue weighted by molar-refractivity contribution is 0.430. The molecule has 10 heavy (non-hydrogen) atoms. The smallest absolute Gasteiger partial charge is 0.187 e. The van der Waals surface area contributed by atoms with Crippen LogP contribution in [0.25, 0.3) is 0 Å². The molecule has 0 aromatic rings. The van der Waals surface area contributed by atoms with E-state index in [-0.39, 0.29) is 5.41 Å². The molecule has 0 aliphatic heterocycles. The molecule has 0 N–H and O–H groups in total. The zero-order valence-corrected chi connectivity index (χ0v) is 6.56. The van der Waals surface area contributed by atoms with Crippen molar-refractivity contribution < 1.29 is 4.79 Å². The van der Waals surface area contributed by atoms with E-state index >= 15 is 0 Å². The van der Waals surface area contributed by atoms with E-state index in [1.807, 2.05) is 0 Å². The van der Waals surface area contributed by atoms with Crippen molar-refractivity contribution >= 4 is 11.8 Å². The maximum atomic E-state index is 9.57. The highest BCUT2D eigenvalue weighted by atomic mass is 16.1. The maximum Gasteiger partial charge on any atom is 0.187 e. The van der Waals surface area contributed by atoms with Crippen LogP contribution in [0.5, 0.6) is 0 Å². The van der Waals surface area contributed by atoms with Gasteiger partial charge in [-0.1, -0.05) is 20.8 Å². The monoisotopic (exact) mass is 137 g/mol. The molecule has 0 amide bonds. The van der Waals surface area contributed by atoms with Gasteiger partial charge in [0.25, 0.3) is 0 Å². The van der Waals surface area contributed by atoms with Gasteiger partial charge in [0.1, 0.15) is 0 Å². The van der Waals surface area contributed by atoms with Crippen LogP contribution in [0.3, 0.4) is 0 Å². The van der Waals surface area contributed by atoms with Gasteiger partial charge in [-0.05, 0) is 5.41 Å². The Kier molecular flexibility index (Phi) is 3.46. The molecule has 0 aromatic carbocycles. The molecule has 0 radical (unpaired) electrons. The molecular weight excluding hydrogens is 126 g/mol. The van der Waals surface area contributed by atoms with Gasteiger partial charge in [-0.2, -0.15) is 0 Å². The first-order valence-electron chi connectivity index (χ1n) is 3.10.